The van der Waals surface area contributed by atoms with E-state index in [1.807, 2.05) is 0 Å². The molecule has 2 heterocycles. The van der Waals surface area contributed by atoms with Crippen molar-refractivity contribution in [1.82, 2.24) is 15.1 Å². The van der Waals surface area contributed by atoms with Crippen LogP contribution in [0.5, 0.6) is 5.75 Å². The molecule has 0 bridgehead atoms. The number of halogens is 2. The molecule has 45 heavy (non-hydrogen) atoms. The number of hydrogen-bond acceptors (Lipinski definition) is 7. The van der Waals surface area contributed by atoms with Crippen molar-refractivity contribution in [3.8, 4) is 28.0 Å². The van der Waals surface area contributed by atoms with E-state index >= 15 is 8.78 Å². The SMILES string of the molecule is COc1cc(-c2cccc(-c3cccc(NC(=O)C4CN(C)C(=O)N(C)C4=O)c3C)c2F)cc(F)c1CN[C@H]1CCOC[C@H]1O. The molecule has 0 radical (unpaired) electrons. The van der Waals surface area contributed by atoms with E-state index in [2.05, 4.69) is 10.6 Å². The summed E-state index contributed by atoms with van der Waals surface area (Å²) >= 11 is 0. The minimum atomic E-state index is -1.09. The molecule has 238 valence electrons. The fraction of sp³-hybridized carbons (Fsp3) is 0.364. The van der Waals surface area contributed by atoms with Gasteiger partial charge in [0.05, 0.1) is 19.8 Å². The molecule has 12 heteroatoms. The lowest BCUT2D eigenvalue weighted by molar-refractivity contribution is -0.140. The van der Waals surface area contributed by atoms with E-state index in [1.165, 1.54) is 32.2 Å². The van der Waals surface area contributed by atoms with Crippen molar-refractivity contribution in [2.24, 2.45) is 5.92 Å². The predicted octanol–water partition coefficient (Wildman–Crippen LogP) is 3.93. The summed E-state index contributed by atoms with van der Waals surface area (Å²) in [6.07, 6.45) is -0.122. The second-order valence-corrected chi connectivity index (χ2v) is 11.3. The molecule has 2 saturated heterocycles. The molecule has 2 fully saturated rings. The van der Waals surface area contributed by atoms with Crippen molar-refractivity contribution >= 4 is 23.5 Å². The number of ether oxygens (including phenoxy) is 2. The molecule has 3 aromatic rings. The Morgan fingerprint density at radius 3 is 2.53 bits per heavy atom. The number of carbonyl (C=O) groups excluding carboxylic acids is 3. The van der Waals surface area contributed by atoms with Crippen LogP contribution in [0.3, 0.4) is 0 Å². The van der Waals surface area contributed by atoms with E-state index < -0.39 is 41.5 Å². The van der Waals surface area contributed by atoms with Gasteiger partial charge in [0.25, 0.3) is 0 Å². The molecule has 2 aliphatic rings. The highest BCUT2D eigenvalue weighted by molar-refractivity contribution is 6.12. The summed E-state index contributed by atoms with van der Waals surface area (Å²) in [5, 5.41) is 16.1. The molecule has 3 atom stereocenters. The predicted molar refractivity (Wildman–Crippen MR) is 164 cm³/mol. The summed E-state index contributed by atoms with van der Waals surface area (Å²) in [7, 11) is 4.25. The Balaban J connectivity index is 1.41. The van der Waals surface area contributed by atoms with Crippen LogP contribution in [0, 0.1) is 24.5 Å². The van der Waals surface area contributed by atoms with Crippen molar-refractivity contribution in [2.45, 2.75) is 32.0 Å². The van der Waals surface area contributed by atoms with E-state index in [4.69, 9.17) is 9.47 Å². The van der Waals surface area contributed by atoms with Crippen LogP contribution in [0.15, 0.2) is 48.5 Å². The standard InChI is InChI=1S/C33H36F2N4O6/c1-18-20(7-6-10-26(18)37-31(41)24-16-38(2)33(43)39(3)32(24)42)22-9-5-8-21(30(22)35)19-13-25(34)23(29(14-19)44-4)15-36-27-11-12-45-17-28(27)40/h5-10,13-14,24,27-28,36,40H,11-12,15-17H2,1-4H3,(H,37,41)/t24?,27-,28+/m0/s1. The lowest BCUT2D eigenvalue weighted by Crippen LogP contribution is -2.56. The van der Waals surface area contributed by atoms with Gasteiger partial charge < -0.3 is 30.1 Å². The number of hydrogen-bond donors (Lipinski definition) is 3. The van der Waals surface area contributed by atoms with Crippen LogP contribution in [0.4, 0.5) is 19.3 Å². The Morgan fingerprint density at radius 2 is 1.80 bits per heavy atom. The van der Waals surface area contributed by atoms with Gasteiger partial charge in [-0.05, 0) is 48.2 Å². The van der Waals surface area contributed by atoms with Crippen LogP contribution < -0.4 is 15.4 Å². The van der Waals surface area contributed by atoms with Gasteiger partial charge in [-0.25, -0.2) is 13.6 Å². The second kappa shape index (κ2) is 13.3. The minimum Gasteiger partial charge on any atom is -0.496 e. The van der Waals surface area contributed by atoms with Crippen molar-refractivity contribution in [3.63, 3.8) is 0 Å². The molecule has 0 spiro atoms. The fourth-order valence-electron chi connectivity index (χ4n) is 5.77. The summed E-state index contributed by atoms with van der Waals surface area (Å²) in [6.45, 7) is 2.47. The topological polar surface area (TPSA) is 120 Å². The molecule has 0 saturated carbocycles. The van der Waals surface area contributed by atoms with Crippen molar-refractivity contribution in [2.75, 3.05) is 46.3 Å². The Kier molecular flexibility index (Phi) is 9.47. The number of amides is 4. The van der Waals surface area contributed by atoms with Crippen molar-refractivity contribution in [1.29, 1.82) is 0 Å². The zero-order valence-corrected chi connectivity index (χ0v) is 25.5. The lowest BCUT2D eigenvalue weighted by atomic mass is 9.93. The van der Waals surface area contributed by atoms with Crippen molar-refractivity contribution in [3.05, 3.63) is 71.3 Å². The molecule has 3 aromatic carbocycles. The van der Waals surface area contributed by atoms with Gasteiger partial charge >= 0.3 is 6.03 Å². The molecule has 4 amide bonds. The van der Waals surface area contributed by atoms with Gasteiger partial charge in [-0.15, -0.1) is 0 Å². The van der Waals surface area contributed by atoms with E-state index in [0.29, 0.717) is 29.8 Å². The quantitative estimate of drug-likeness (QED) is 0.326. The number of anilines is 1. The molecule has 0 aromatic heterocycles. The average molecular weight is 623 g/mol. The zero-order chi connectivity index (χ0) is 32.4. The van der Waals surface area contributed by atoms with Crippen LogP contribution in [0.1, 0.15) is 17.5 Å². The largest absolute Gasteiger partial charge is 0.496 e. The first kappa shape index (κ1) is 32.0. The molecule has 1 unspecified atom stereocenters. The second-order valence-electron chi connectivity index (χ2n) is 11.3. The highest BCUT2D eigenvalue weighted by atomic mass is 19.1. The molecule has 3 N–H and O–H groups in total. The molecule has 0 aliphatic carbocycles. The highest BCUT2D eigenvalue weighted by Gasteiger charge is 2.39. The van der Waals surface area contributed by atoms with Crippen molar-refractivity contribution < 1.29 is 37.7 Å². The van der Waals surface area contributed by atoms with E-state index in [9.17, 15) is 19.5 Å². The van der Waals surface area contributed by atoms with E-state index in [0.717, 1.165) is 4.90 Å². The number of nitrogens with one attached hydrogen (secondary N) is 2. The van der Waals surface area contributed by atoms with Crippen LogP contribution >= 0.6 is 0 Å². The average Bonchev–Trinajstić information content (AvgIpc) is 3.02. The Bertz CT molecular complexity index is 1630. The number of imide groups is 1. The molecule has 2 aliphatic heterocycles. The highest BCUT2D eigenvalue weighted by Crippen LogP contribution is 2.37. The summed E-state index contributed by atoms with van der Waals surface area (Å²) in [5.41, 5.74) is 2.36. The van der Waals surface area contributed by atoms with Gasteiger partial charge in [-0.2, -0.15) is 0 Å². The molecular weight excluding hydrogens is 586 g/mol. The number of urea groups is 1. The van der Waals surface area contributed by atoms with Crippen LogP contribution in [-0.4, -0.2) is 85.9 Å². The minimum absolute atomic E-state index is 0.0599. The number of benzene rings is 3. The normalized spacial score (nSPS) is 20.4. The van der Waals surface area contributed by atoms with Crippen LogP contribution in [0.2, 0.25) is 0 Å². The smallest absolute Gasteiger partial charge is 0.326 e. The number of aliphatic hydroxyl groups excluding tert-OH is 1. The first-order valence-electron chi connectivity index (χ1n) is 14.6. The van der Waals surface area contributed by atoms with Gasteiger partial charge in [-0.3, -0.25) is 14.5 Å². The number of aliphatic hydroxyl groups is 1. The maximum Gasteiger partial charge on any atom is 0.326 e. The first-order valence-corrected chi connectivity index (χ1v) is 14.6. The maximum absolute atomic E-state index is 16.2. The summed E-state index contributed by atoms with van der Waals surface area (Å²) in [6, 6.07) is 11.9. The summed E-state index contributed by atoms with van der Waals surface area (Å²) in [5.74, 6) is -3.21. The first-order chi connectivity index (χ1) is 21.5. The Labute approximate surface area is 259 Å². The lowest BCUT2D eigenvalue weighted by Gasteiger charge is -2.33. The molecular formula is C33H36F2N4O6. The molecule has 10 nitrogen and oxygen atoms in total. The Hall–Kier alpha value is -4.39. The van der Waals surface area contributed by atoms with E-state index in [-0.39, 0.29) is 53.7 Å². The van der Waals surface area contributed by atoms with Crippen LogP contribution in [0.25, 0.3) is 22.3 Å². The maximum atomic E-state index is 16.2. The van der Waals surface area contributed by atoms with Gasteiger partial charge in [-0.1, -0.05) is 30.3 Å². The zero-order valence-electron chi connectivity index (χ0n) is 25.5. The van der Waals surface area contributed by atoms with Gasteiger partial charge in [0.2, 0.25) is 11.8 Å². The number of methoxy groups -OCH3 is 1. The van der Waals surface area contributed by atoms with Gasteiger partial charge in [0.15, 0.2) is 0 Å². The summed E-state index contributed by atoms with van der Waals surface area (Å²) in [4.78, 5) is 40.0. The van der Waals surface area contributed by atoms with Gasteiger partial charge in [0, 0.05) is 62.2 Å². The Morgan fingerprint density at radius 1 is 1.09 bits per heavy atom. The van der Waals surface area contributed by atoms with Gasteiger partial charge in [0.1, 0.15) is 23.3 Å². The number of nitrogens with zero attached hydrogens (tertiary/aromatic N) is 2. The molecule has 5 rings (SSSR count). The monoisotopic (exact) mass is 622 g/mol. The third-order valence-corrected chi connectivity index (χ3v) is 8.45. The number of carbonyl (C=O) groups is 3. The number of rotatable bonds is 8. The summed E-state index contributed by atoms with van der Waals surface area (Å²) < 4.78 is 42.4. The third kappa shape index (κ3) is 6.39. The third-order valence-electron chi connectivity index (χ3n) is 8.45. The fourth-order valence-corrected chi connectivity index (χ4v) is 5.77. The van der Waals surface area contributed by atoms with Crippen LogP contribution in [-0.2, 0) is 20.9 Å². The van der Waals surface area contributed by atoms with E-state index in [1.54, 1.807) is 49.4 Å².